The van der Waals surface area contributed by atoms with Crippen molar-refractivity contribution in [2.75, 3.05) is 0 Å². The lowest BCUT2D eigenvalue weighted by molar-refractivity contribution is -0.153. The second-order valence-corrected chi connectivity index (χ2v) is 8.67. The average Bonchev–Trinajstić information content (AvgIpc) is 2.81. The molecule has 2 aliphatic rings. The van der Waals surface area contributed by atoms with Crippen LogP contribution in [0.3, 0.4) is 0 Å². The summed E-state index contributed by atoms with van der Waals surface area (Å²) in [4.78, 5) is 23.5. The van der Waals surface area contributed by atoms with Crippen LogP contribution in [0.25, 0.3) is 0 Å². The van der Waals surface area contributed by atoms with Crippen molar-refractivity contribution in [3.05, 3.63) is 23.3 Å². The summed E-state index contributed by atoms with van der Waals surface area (Å²) in [6, 6.07) is 0. The highest BCUT2D eigenvalue weighted by Gasteiger charge is 2.47. The monoisotopic (exact) mass is 332 g/mol. The van der Waals surface area contributed by atoms with Crippen molar-refractivity contribution in [2.45, 2.75) is 73.6 Å². The Morgan fingerprint density at radius 3 is 2.46 bits per heavy atom. The number of esters is 2. The molecule has 2 atom stereocenters. The second kappa shape index (κ2) is 6.85. The molecule has 1 fully saturated rings. The van der Waals surface area contributed by atoms with E-state index >= 15 is 0 Å². The molecule has 0 spiro atoms. The van der Waals surface area contributed by atoms with Crippen LogP contribution in [0.1, 0.15) is 73.6 Å². The SMILES string of the molecule is CCC(C)(C)C(C)=CCCC(C)(C)C1=CCC2C(=O)OC(=O)C2C1. The first-order valence-electron chi connectivity index (χ1n) is 9.21. The van der Waals surface area contributed by atoms with E-state index < -0.39 is 0 Å². The molecule has 0 aromatic carbocycles. The average molecular weight is 332 g/mol. The van der Waals surface area contributed by atoms with Crippen molar-refractivity contribution < 1.29 is 14.3 Å². The predicted molar refractivity (Wildman–Crippen MR) is 96.2 cm³/mol. The Balaban J connectivity index is 2.01. The normalized spacial score (nSPS) is 25.4. The number of ether oxygens (including phenoxy) is 1. The van der Waals surface area contributed by atoms with Crippen LogP contribution in [0.5, 0.6) is 0 Å². The van der Waals surface area contributed by atoms with Crippen LogP contribution in [0.2, 0.25) is 0 Å². The van der Waals surface area contributed by atoms with Crippen molar-refractivity contribution in [1.29, 1.82) is 0 Å². The molecule has 1 aliphatic carbocycles. The zero-order chi connectivity index (χ0) is 18.1. The highest BCUT2D eigenvalue weighted by atomic mass is 16.6. The number of hydrogen-bond donors (Lipinski definition) is 0. The van der Waals surface area contributed by atoms with Crippen molar-refractivity contribution >= 4 is 11.9 Å². The molecule has 0 amide bonds. The van der Waals surface area contributed by atoms with Crippen LogP contribution in [0.15, 0.2) is 23.3 Å². The zero-order valence-corrected chi connectivity index (χ0v) is 16.1. The number of carbonyl (C=O) groups is 2. The Bertz CT molecular complexity index is 578. The maximum atomic E-state index is 11.9. The minimum Gasteiger partial charge on any atom is -0.393 e. The smallest absolute Gasteiger partial charge is 0.317 e. The fraction of sp³-hybridized carbons (Fsp3) is 0.714. The molecule has 3 heteroatoms. The summed E-state index contributed by atoms with van der Waals surface area (Å²) >= 11 is 0. The molecule has 0 aromatic rings. The van der Waals surface area contributed by atoms with E-state index in [0.29, 0.717) is 12.8 Å². The fourth-order valence-corrected chi connectivity index (χ4v) is 3.57. The van der Waals surface area contributed by atoms with Gasteiger partial charge in [0, 0.05) is 0 Å². The predicted octanol–water partition coefficient (Wildman–Crippen LogP) is 5.21. The summed E-state index contributed by atoms with van der Waals surface area (Å²) in [7, 11) is 0. The Morgan fingerprint density at radius 2 is 1.83 bits per heavy atom. The summed E-state index contributed by atoms with van der Waals surface area (Å²) in [6.45, 7) is 13.5. The molecule has 0 N–H and O–H groups in total. The molecule has 1 saturated heterocycles. The van der Waals surface area contributed by atoms with Gasteiger partial charge in [-0.25, -0.2) is 0 Å². The lowest BCUT2D eigenvalue weighted by Gasteiger charge is -2.33. The number of allylic oxidation sites excluding steroid dienone is 4. The highest BCUT2D eigenvalue weighted by Crippen LogP contribution is 2.44. The van der Waals surface area contributed by atoms with Gasteiger partial charge in [-0.2, -0.15) is 0 Å². The third kappa shape index (κ3) is 3.81. The highest BCUT2D eigenvalue weighted by molar-refractivity contribution is 5.97. The van der Waals surface area contributed by atoms with Crippen LogP contribution in [-0.4, -0.2) is 11.9 Å². The number of hydrogen-bond acceptors (Lipinski definition) is 3. The van der Waals surface area contributed by atoms with Crippen LogP contribution >= 0.6 is 0 Å². The Hall–Kier alpha value is -1.38. The lowest BCUT2D eigenvalue weighted by atomic mass is 9.70. The van der Waals surface area contributed by atoms with E-state index in [4.69, 9.17) is 4.74 Å². The van der Waals surface area contributed by atoms with Gasteiger partial charge in [-0.1, -0.05) is 57.9 Å². The molecule has 3 nitrogen and oxygen atoms in total. The quantitative estimate of drug-likeness (QED) is 0.381. The van der Waals surface area contributed by atoms with Gasteiger partial charge in [0.2, 0.25) is 0 Å². The minimum absolute atomic E-state index is 0.0457. The van der Waals surface area contributed by atoms with E-state index in [9.17, 15) is 9.59 Å². The number of rotatable bonds is 6. The molecule has 1 heterocycles. The Kier molecular flexibility index (Phi) is 5.41. The van der Waals surface area contributed by atoms with E-state index in [1.807, 2.05) is 0 Å². The van der Waals surface area contributed by atoms with E-state index in [1.54, 1.807) is 0 Å². The number of carbonyl (C=O) groups excluding carboxylic acids is 2. The van der Waals surface area contributed by atoms with Crippen molar-refractivity contribution in [3.63, 3.8) is 0 Å². The number of fused-ring (bicyclic) bond motifs is 1. The number of cyclic esters (lactones) is 2. The fourth-order valence-electron chi connectivity index (χ4n) is 3.57. The Morgan fingerprint density at radius 1 is 1.21 bits per heavy atom. The molecule has 0 radical (unpaired) electrons. The first-order chi connectivity index (χ1) is 11.1. The molecule has 24 heavy (non-hydrogen) atoms. The first-order valence-corrected chi connectivity index (χ1v) is 9.21. The molecule has 134 valence electrons. The van der Waals surface area contributed by atoms with Crippen LogP contribution in [0, 0.1) is 22.7 Å². The molecule has 0 saturated carbocycles. The molecule has 0 bridgehead atoms. The zero-order valence-electron chi connectivity index (χ0n) is 16.1. The standard InChI is InChI=1S/C21H32O3/c1-7-20(3,4)14(2)9-8-12-21(5,6)15-10-11-16-17(13-15)19(23)24-18(16)22/h9-10,16-17H,7-8,11-13H2,1-6H3. The van der Waals surface area contributed by atoms with Crippen molar-refractivity contribution in [3.8, 4) is 0 Å². The van der Waals surface area contributed by atoms with Crippen LogP contribution in [0.4, 0.5) is 0 Å². The topological polar surface area (TPSA) is 43.4 Å². The Labute approximate surface area is 146 Å². The minimum atomic E-state index is -0.335. The largest absolute Gasteiger partial charge is 0.393 e. The van der Waals surface area contributed by atoms with E-state index in [0.717, 1.165) is 19.3 Å². The first kappa shape index (κ1) is 19.0. The van der Waals surface area contributed by atoms with Gasteiger partial charge < -0.3 is 4.74 Å². The van der Waals surface area contributed by atoms with Gasteiger partial charge >= 0.3 is 11.9 Å². The van der Waals surface area contributed by atoms with E-state index in [-0.39, 0.29) is 34.6 Å². The van der Waals surface area contributed by atoms with Gasteiger partial charge in [0.15, 0.2) is 0 Å². The molecular formula is C21H32O3. The van der Waals surface area contributed by atoms with Crippen LogP contribution < -0.4 is 0 Å². The van der Waals surface area contributed by atoms with Crippen LogP contribution in [-0.2, 0) is 14.3 Å². The van der Waals surface area contributed by atoms with Gasteiger partial charge in [-0.05, 0) is 49.9 Å². The van der Waals surface area contributed by atoms with Gasteiger partial charge in [0.1, 0.15) is 0 Å². The summed E-state index contributed by atoms with van der Waals surface area (Å²) in [5.74, 6) is -1.16. The third-order valence-electron chi connectivity index (χ3n) is 6.39. The maximum absolute atomic E-state index is 11.9. The van der Waals surface area contributed by atoms with Crippen molar-refractivity contribution in [2.24, 2.45) is 22.7 Å². The third-order valence-corrected chi connectivity index (χ3v) is 6.39. The van der Waals surface area contributed by atoms with Gasteiger partial charge in [0.05, 0.1) is 11.8 Å². The summed E-state index contributed by atoms with van der Waals surface area (Å²) in [5.41, 5.74) is 3.05. The lowest BCUT2D eigenvalue weighted by Crippen LogP contribution is -2.27. The van der Waals surface area contributed by atoms with E-state index in [1.165, 1.54) is 11.1 Å². The van der Waals surface area contributed by atoms with Crippen molar-refractivity contribution in [1.82, 2.24) is 0 Å². The summed E-state index contributed by atoms with van der Waals surface area (Å²) in [5, 5.41) is 0. The second-order valence-electron chi connectivity index (χ2n) is 8.67. The summed E-state index contributed by atoms with van der Waals surface area (Å²) in [6.07, 6.45) is 9.09. The van der Waals surface area contributed by atoms with Gasteiger partial charge in [-0.15, -0.1) is 0 Å². The maximum Gasteiger partial charge on any atom is 0.317 e. The molecular weight excluding hydrogens is 300 g/mol. The molecule has 1 aliphatic heterocycles. The summed E-state index contributed by atoms with van der Waals surface area (Å²) < 4.78 is 4.81. The van der Waals surface area contributed by atoms with Gasteiger partial charge in [0.25, 0.3) is 0 Å². The molecule has 2 unspecified atom stereocenters. The van der Waals surface area contributed by atoms with E-state index in [2.05, 4.69) is 53.7 Å². The molecule has 2 rings (SSSR count). The molecule has 0 aromatic heterocycles. The van der Waals surface area contributed by atoms with Gasteiger partial charge in [-0.3, -0.25) is 9.59 Å².